The summed E-state index contributed by atoms with van der Waals surface area (Å²) in [6.45, 7) is 0.283. The number of sulfonamides is 1. The summed E-state index contributed by atoms with van der Waals surface area (Å²) in [5.41, 5.74) is 5.31. The predicted octanol–water partition coefficient (Wildman–Crippen LogP) is 1.68. The first-order valence-corrected chi connectivity index (χ1v) is 7.23. The van der Waals surface area contributed by atoms with Gasteiger partial charge in [0.1, 0.15) is 4.90 Å². The number of hydrogen-bond acceptors (Lipinski definition) is 3. The maximum absolute atomic E-state index is 11.8. The summed E-state index contributed by atoms with van der Waals surface area (Å²) in [6, 6.07) is 6.28. The van der Waals surface area contributed by atoms with Crippen molar-refractivity contribution in [2.45, 2.75) is 17.7 Å². The third-order valence-electron chi connectivity index (χ3n) is 2.02. The summed E-state index contributed by atoms with van der Waals surface area (Å²) in [7, 11) is -3.55. The SMILES string of the molecule is NC(=S)CCCNS(=O)(=O)c1ccccc1Cl. The summed E-state index contributed by atoms with van der Waals surface area (Å²) < 4.78 is 26.1. The van der Waals surface area contributed by atoms with E-state index in [-0.39, 0.29) is 16.5 Å². The molecule has 17 heavy (non-hydrogen) atoms. The van der Waals surface area contributed by atoms with E-state index in [0.717, 1.165) is 0 Å². The third-order valence-corrected chi connectivity index (χ3v) is 4.18. The van der Waals surface area contributed by atoms with Crippen LogP contribution < -0.4 is 10.5 Å². The number of hydrogen-bond donors (Lipinski definition) is 2. The van der Waals surface area contributed by atoms with Crippen LogP contribution in [0.1, 0.15) is 12.8 Å². The summed E-state index contributed by atoms with van der Waals surface area (Å²) in [5, 5.41) is 0.203. The normalized spacial score (nSPS) is 11.4. The van der Waals surface area contributed by atoms with E-state index in [4.69, 9.17) is 29.6 Å². The standard InChI is InChI=1S/C10H13ClN2O2S2/c11-8-4-1-2-5-9(8)17(14,15)13-7-3-6-10(12)16/h1-2,4-5,13H,3,6-7H2,(H2,12,16). The van der Waals surface area contributed by atoms with Crippen molar-refractivity contribution in [2.75, 3.05) is 6.54 Å². The zero-order valence-corrected chi connectivity index (χ0v) is 11.4. The van der Waals surface area contributed by atoms with Crippen molar-refractivity contribution in [1.29, 1.82) is 0 Å². The van der Waals surface area contributed by atoms with Gasteiger partial charge in [0, 0.05) is 6.54 Å². The first kappa shape index (κ1) is 14.4. The van der Waals surface area contributed by atoms with Gasteiger partial charge in [-0.3, -0.25) is 0 Å². The van der Waals surface area contributed by atoms with Crippen LogP contribution >= 0.6 is 23.8 Å². The van der Waals surface area contributed by atoms with Crippen LogP contribution in [0.5, 0.6) is 0 Å². The van der Waals surface area contributed by atoms with Crippen LogP contribution in [0.15, 0.2) is 29.2 Å². The highest BCUT2D eigenvalue weighted by Crippen LogP contribution is 2.19. The molecule has 94 valence electrons. The molecule has 4 nitrogen and oxygen atoms in total. The lowest BCUT2D eigenvalue weighted by Gasteiger charge is -2.07. The summed E-state index contributed by atoms with van der Waals surface area (Å²) in [6.07, 6.45) is 1.08. The van der Waals surface area contributed by atoms with E-state index in [1.165, 1.54) is 12.1 Å². The van der Waals surface area contributed by atoms with E-state index in [0.29, 0.717) is 17.8 Å². The van der Waals surface area contributed by atoms with E-state index in [1.54, 1.807) is 12.1 Å². The first-order valence-electron chi connectivity index (χ1n) is 4.96. The van der Waals surface area contributed by atoms with Crippen molar-refractivity contribution in [2.24, 2.45) is 5.73 Å². The van der Waals surface area contributed by atoms with Crippen LogP contribution in [-0.4, -0.2) is 20.0 Å². The van der Waals surface area contributed by atoms with Crippen LogP contribution in [0.4, 0.5) is 0 Å². The Hall–Kier alpha value is -0.690. The van der Waals surface area contributed by atoms with Crippen LogP contribution in [0.2, 0.25) is 5.02 Å². The molecule has 0 aliphatic heterocycles. The van der Waals surface area contributed by atoms with E-state index in [1.807, 2.05) is 0 Å². The smallest absolute Gasteiger partial charge is 0.242 e. The topological polar surface area (TPSA) is 72.2 Å². The molecule has 0 bridgehead atoms. The Kier molecular flexibility index (Phi) is 5.32. The molecule has 0 saturated carbocycles. The Morgan fingerprint density at radius 1 is 1.41 bits per heavy atom. The van der Waals surface area contributed by atoms with Crippen molar-refractivity contribution in [3.8, 4) is 0 Å². The van der Waals surface area contributed by atoms with Crippen LogP contribution in [0, 0.1) is 0 Å². The fourth-order valence-corrected chi connectivity index (χ4v) is 2.95. The van der Waals surface area contributed by atoms with Gasteiger partial charge in [0.25, 0.3) is 0 Å². The number of benzene rings is 1. The van der Waals surface area contributed by atoms with E-state index in [2.05, 4.69) is 4.72 Å². The van der Waals surface area contributed by atoms with Crippen LogP contribution in [0.3, 0.4) is 0 Å². The minimum absolute atomic E-state index is 0.0805. The highest BCUT2D eigenvalue weighted by atomic mass is 35.5. The molecule has 0 radical (unpaired) electrons. The molecule has 0 heterocycles. The van der Waals surface area contributed by atoms with E-state index in [9.17, 15) is 8.42 Å². The molecule has 0 aliphatic rings. The molecule has 1 aromatic carbocycles. The lowest BCUT2D eigenvalue weighted by molar-refractivity contribution is 0.580. The highest BCUT2D eigenvalue weighted by Gasteiger charge is 2.16. The van der Waals surface area contributed by atoms with Crippen molar-refractivity contribution >= 4 is 38.8 Å². The van der Waals surface area contributed by atoms with Gasteiger partial charge in [-0.2, -0.15) is 0 Å². The van der Waals surface area contributed by atoms with Gasteiger partial charge < -0.3 is 5.73 Å². The molecule has 7 heteroatoms. The lowest BCUT2D eigenvalue weighted by atomic mass is 10.3. The first-order chi connectivity index (χ1) is 7.93. The quantitative estimate of drug-likeness (QED) is 0.618. The average molecular weight is 293 g/mol. The Labute approximate surface area is 111 Å². The average Bonchev–Trinajstić information content (AvgIpc) is 2.24. The summed E-state index contributed by atoms with van der Waals surface area (Å²) in [4.78, 5) is 0.457. The van der Waals surface area contributed by atoms with Crippen LogP contribution in [-0.2, 0) is 10.0 Å². The predicted molar refractivity (Wildman–Crippen MR) is 72.7 cm³/mol. The number of thiocarbonyl (C=S) groups is 1. The molecule has 0 spiro atoms. The fourth-order valence-electron chi connectivity index (χ4n) is 1.21. The van der Waals surface area contributed by atoms with Gasteiger partial charge in [0.15, 0.2) is 0 Å². The molecule has 1 rings (SSSR count). The summed E-state index contributed by atoms with van der Waals surface area (Å²) >= 11 is 10.5. The van der Waals surface area contributed by atoms with Gasteiger partial charge in [-0.05, 0) is 25.0 Å². The van der Waals surface area contributed by atoms with Gasteiger partial charge in [0.05, 0.1) is 10.0 Å². The molecule has 0 aliphatic carbocycles. The number of halogens is 1. The molecule has 0 saturated heterocycles. The summed E-state index contributed by atoms with van der Waals surface area (Å²) in [5.74, 6) is 0. The Morgan fingerprint density at radius 2 is 2.06 bits per heavy atom. The van der Waals surface area contributed by atoms with Gasteiger partial charge in [-0.25, -0.2) is 13.1 Å². The third kappa shape index (κ3) is 4.59. The second-order valence-corrected chi connectivity index (χ2v) is 6.07. The highest BCUT2D eigenvalue weighted by molar-refractivity contribution is 7.89. The van der Waals surface area contributed by atoms with Gasteiger partial charge >= 0.3 is 0 Å². The van der Waals surface area contributed by atoms with Gasteiger partial charge in [-0.1, -0.05) is 36.0 Å². The van der Waals surface area contributed by atoms with Gasteiger partial charge in [-0.15, -0.1) is 0 Å². The molecule has 0 atom stereocenters. The van der Waals surface area contributed by atoms with Crippen molar-refractivity contribution in [1.82, 2.24) is 4.72 Å². The van der Waals surface area contributed by atoms with Crippen molar-refractivity contribution in [3.05, 3.63) is 29.3 Å². The minimum Gasteiger partial charge on any atom is -0.393 e. The molecule has 1 aromatic rings. The van der Waals surface area contributed by atoms with E-state index >= 15 is 0 Å². The molecule has 3 N–H and O–H groups in total. The number of rotatable bonds is 6. The number of nitrogens with one attached hydrogen (secondary N) is 1. The zero-order chi connectivity index (χ0) is 12.9. The Balaban J connectivity index is 2.64. The molecule has 0 amide bonds. The lowest BCUT2D eigenvalue weighted by Crippen LogP contribution is -2.25. The minimum atomic E-state index is -3.55. The Morgan fingerprint density at radius 3 is 2.65 bits per heavy atom. The molecule has 0 unspecified atom stereocenters. The van der Waals surface area contributed by atoms with E-state index < -0.39 is 10.0 Å². The Bertz CT molecular complexity index is 503. The molecular weight excluding hydrogens is 280 g/mol. The van der Waals surface area contributed by atoms with Crippen LogP contribution in [0.25, 0.3) is 0 Å². The van der Waals surface area contributed by atoms with Crippen molar-refractivity contribution < 1.29 is 8.42 Å². The maximum atomic E-state index is 11.8. The molecule has 0 aromatic heterocycles. The number of nitrogens with two attached hydrogens (primary N) is 1. The maximum Gasteiger partial charge on any atom is 0.242 e. The fraction of sp³-hybridized carbons (Fsp3) is 0.300. The monoisotopic (exact) mass is 292 g/mol. The second-order valence-electron chi connectivity index (χ2n) is 3.40. The molecule has 0 fully saturated rings. The van der Waals surface area contributed by atoms with Gasteiger partial charge in [0.2, 0.25) is 10.0 Å². The second kappa shape index (κ2) is 6.30. The largest absolute Gasteiger partial charge is 0.393 e. The molecular formula is C10H13ClN2O2S2. The zero-order valence-electron chi connectivity index (χ0n) is 9.02. The van der Waals surface area contributed by atoms with Crippen molar-refractivity contribution in [3.63, 3.8) is 0 Å².